The number of halogens is 2. The first kappa shape index (κ1) is 16.6. The number of thiophene rings is 1. The van der Waals surface area contributed by atoms with Gasteiger partial charge < -0.3 is 0 Å². The zero-order chi connectivity index (χ0) is 14.0. The van der Waals surface area contributed by atoms with Crippen LogP contribution in [0.4, 0.5) is 0 Å². The lowest BCUT2D eigenvalue weighted by atomic mass is 9.91. The van der Waals surface area contributed by atoms with E-state index in [0.717, 1.165) is 6.42 Å². The second-order valence-corrected chi connectivity index (χ2v) is 10.3. The van der Waals surface area contributed by atoms with Crippen LogP contribution in [0, 0.1) is 5.41 Å². The smallest absolute Gasteiger partial charge is 0.209 e. The van der Waals surface area contributed by atoms with Crippen molar-refractivity contribution in [3.05, 3.63) is 15.9 Å². The van der Waals surface area contributed by atoms with Crippen LogP contribution in [0.15, 0.2) is 20.1 Å². The Balaban J connectivity index is 2.61. The number of hydrogen-bond donors (Lipinski definition) is 1. The molecule has 1 aromatic heterocycles. The predicted molar refractivity (Wildman–Crippen MR) is 84.0 cm³/mol. The van der Waals surface area contributed by atoms with Gasteiger partial charge in [0.05, 0.1) is 0 Å². The lowest BCUT2D eigenvalue weighted by Gasteiger charge is -2.22. The van der Waals surface area contributed by atoms with Crippen molar-refractivity contribution >= 4 is 53.2 Å². The average molecular weight is 419 g/mol. The van der Waals surface area contributed by atoms with Crippen molar-refractivity contribution in [3.63, 3.8) is 0 Å². The molecule has 0 aliphatic rings. The zero-order valence-corrected chi connectivity index (χ0v) is 15.3. The van der Waals surface area contributed by atoms with E-state index in [1.165, 1.54) is 11.3 Å². The van der Waals surface area contributed by atoms with Gasteiger partial charge in [-0.2, -0.15) is 0 Å². The van der Waals surface area contributed by atoms with Crippen LogP contribution in [0.2, 0.25) is 0 Å². The minimum absolute atomic E-state index is 0.131. The molecule has 1 heterocycles. The monoisotopic (exact) mass is 417 g/mol. The molecule has 7 heteroatoms. The van der Waals surface area contributed by atoms with E-state index in [2.05, 4.69) is 57.4 Å². The van der Waals surface area contributed by atoms with Crippen LogP contribution in [0.5, 0.6) is 0 Å². The Morgan fingerprint density at radius 2 is 2.06 bits per heavy atom. The molecular weight excluding hydrogens is 402 g/mol. The Morgan fingerprint density at radius 1 is 1.44 bits per heavy atom. The van der Waals surface area contributed by atoms with Crippen molar-refractivity contribution in [1.29, 1.82) is 0 Å². The van der Waals surface area contributed by atoms with Gasteiger partial charge in [-0.05, 0) is 39.2 Å². The molecule has 18 heavy (non-hydrogen) atoms. The Morgan fingerprint density at radius 3 is 2.50 bits per heavy atom. The molecule has 0 saturated carbocycles. The summed E-state index contributed by atoms with van der Waals surface area (Å²) in [6.07, 6.45) is 0.904. The summed E-state index contributed by atoms with van der Waals surface area (Å²) in [4.78, 5) is 0.131. The van der Waals surface area contributed by atoms with E-state index in [0.29, 0.717) is 15.2 Å². The molecule has 1 N–H and O–H groups in total. The Labute approximate surface area is 130 Å². The molecular formula is C11H17Br2NO2S2. The first-order chi connectivity index (χ1) is 8.12. The maximum absolute atomic E-state index is 12.0. The third-order valence-electron chi connectivity index (χ3n) is 2.16. The van der Waals surface area contributed by atoms with Crippen molar-refractivity contribution < 1.29 is 8.42 Å². The molecule has 1 rings (SSSR count). The van der Waals surface area contributed by atoms with Crippen LogP contribution < -0.4 is 4.72 Å². The highest BCUT2D eigenvalue weighted by Crippen LogP contribution is 2.28. The van der Waals surface area contributed by atoms with Crippen LogP contribution >= 0.6 is 43.2 Å². The Bertz CT molecular complexity index is 491. The molecule has 0 spiro atoms. The fourth-order valence-corrected chi connectivity index (χ4v) is 6.28. The quantitative estimate of drug-likeness (QED) is 0.734. The van der Waals surface area contributed by atoms with Crippen molar-refractivity contribution in [1.82, 2.24) is 4.72 Å². The molecule has 0 aromatic carbocycles. The summed E-state index contributed by atoms with van der Waals surface area (Å²) >= 11 is 7.96. The van der Waals surface area contributed by atoms with Gasteiger partial charge in [-0.1, -0.05) is 36.7 Å². The third-order valence-corrected chi connectivity index (χ3v) is 6.90. The second kappa shape index (κ2) is 6.35. The maximum atomic E-state index is 12.0. The fraction of sp³-hybridized carbons (Fsp3) is 0.636. The first-order valence-corrected chi connectivity index (χ1v) is 9.56. The molecule has 0 aliphatic carbocycles. The molecule has 0 fully saturated rings. The molecule has 0 bridgehead atoms. The van der Waals surface area contributed by atoms with E-state index in [9.17, 15) is 8.42 Å². The highest BCUT2D eigenvalue weighted by atomic mass is 79.9. The summed E-state index contributed by atoms with van der Waals surface area (Å²) in [6, 6.07) is 1.74. The summed E-state index contributed by atoms with van der Waals surface area (Å²) in [5.74, 6) is 0. The molecule has 1 unspecified atom stereocenters. The molecule has 3 nitrogen and oxygen atoms in total. The van der Waals surface area contributed by atoms with Crippen LogP contribution in [0.25, 0.3) is 0 Å². The standard InChI is InChI=1S/C11H17Br2NO2S2/c1-11(2,3)6-8(12)7-14-18(15,16)10-9(13)4-5-17-10/h4-5,8,14H,6-7H2,1-3H3. The van der Waals surface area contributed by atoms with Gasteiger partial charge in [-0.3, -0.25) is 0 Å². The molecule has 1 aromatic rings. The second-order valence-electron chi connectivity index (χ2n) is 5.27. The molecule has 0 radical (unpaired) electrons. The lowest BCUT2D eigenvalue weighted by Crippen LogP contribution is -2.31. The number of alkyl halides is 1. The van der Waals surface area contributed by atoms with Crippen LogP contribution in [-0.4, -0.2) is 19.8 Å². The number of nitrogens with one attached hydrogen (secondary N) is 1. The minimum atomic E-state index is -3.41. The summed E-state index contributed by atoms with van der Waals surface area (Å²) < 4.78 is 27.6. The van der Waals surface area contributed by atoms with Crippen LogP contribution in [0.3, 0.4) is 0 Å². The lowest BCUT2D eigenvalue weighted by molar-refractivity contribution is 0.373. The molecule has 0 saturated heterocycles. The predicted octanol–water partition coefficient (Wildman–Crippen LogP) is 3.99. The molecule has 1 atom stereocenters. The largest absolute Gasteiger partial charge is 0.251 e. The average Bonchev–Trinajstić information content (AvgIpc) is 2.60. The first-order valence-electron chi connectivity index (χ1n) is 5.48. The van der Waals surface area contributed by atoms with Gasteiger partial charge in [-0.15, -0.1) is 11.3 Å². The van der Waals surface area contributed by atoms with Crippen LogP contribution in [-0.2, 0) is 10.0 Å². The van der Waals surface area contributed by atoms with Crippen molar-refractivity contribution in [2.45, 2.75) is 36.2 Å². The van der Waals surface area contributed by atoms with E-state index in [4.69, 9.17) is 0 Å². The number of rotatable bonds is 5. The van der Waals surface area contributed by atoms with Gasteiger partial charge in [0.25, 0.3) is 10.0 Å². The molecule has 104 valence electrons. The van der Waals surface area contributed by atoms with Crippen molar-refractivity contribution in [2.75, 3.05) is 6.54 Å². The Kier molecular flexibility index (Phi) is 5.86. The normalized spacial score (nSPS) is 14.7. The van der Waals surface area contributed by atoms with Crippen LogP contribution in [0.1, 0.15) is 27.2 Å². The summed E-state index contributed by atoms with van der Waals surface area (Å²) in [5.41, 5.74) is 0.170. The van der Waals surface area contributed by atoms with Gasteiger partial charge in [0.15, 0.2) is 0 Å². The van der Waals surface area contributed by atoms with Crippen molar-refractivity contribution in [2.24, 2.45) is 5.41 Å². The topological polar surface area (TPSA) is 46.2 Å². The van der Waals surface area contributed by atoms with Crippen molar-refractivity contribution in [3.8, 4) is 0 Å². The van der Waals surface area contributed by atoms with E-state index in [1.807, 2.05) is 0 Å². The van der Waals surface area contributed by atoms with E-state index >= 15 is 0 Å². The summed E-state index contributed by atoms with van der Waals surface area (Å²) in [7, 11) is -3.41. The van der Waals surface area contributed by atoms with Gasteiger partial charge in [0, 0.05) is 15.8 Å². The Hall–Kier alpha value is 0.570. The highest BCUT2D eigenvalue weighted by molar-refractivity contribution is 9.10. The van der Waals surface area contributed by atoms with Gasteiger partial charge in [-0.25, -0.2) is 13.1 Å². The molecule has 0 aliphatic heterocycles. The minimum Gasteiger partial charge on any atom is -0.209 e. The van der Waals surface area contributed by atoms with Gasteiger partial charge in [0.2, 0.25) is 0 Å². The van der Waals surface area contributed by atoms with Gasteiger partial charge >= 0.3 is 0 Å². The fourth-order valence-electron chi connectivity index (χ4n) is 1.47. The molecule has 0 amide bonds. The SMILES string of the molecule is CC(C)(C)CC(Br)CNS(=O)(=O)c1sccc1Br. The van der Waals surface area contributed by atoms with E-state index in [1.54, 1.807) is 11.4 Å². The number of sulfonamides is 1. The summed E-state index contributed by atoms with van der Waals surface area (Å²) in [5, 5.41) is 1.75. The number of hydrogen-bond acceptors (Lipinski definition) is 3. The van der Waals surface area contributed by atoms with Gasteiger partial charge in [0.1, 0.15) is 4.21 Å². The van der Waals surface area contributed by atoms with E-state index in [-0.39, 0.29) is 10.2 Å². The highest BCUT2D eigenvalue weighted by Gasteiger charge is 2.22. The third kappa shape index (κ3) is 5.28. The zero-order valence-electron chi connectivity index (χ0n) is 10.5. The van der Waals surface area contributed by atoms with E-state index < -0.39 is 10.0 Å². The summed E-state index contributed by atoms with van der Waals surface area (Å²) in [6.45, 7) is 6.78. The maximum Gasteiger partial charge on any atom is 0.251 e.